The molecule has 4 nitrogen and oxygen atoms in total. The Labute approximate surface area is 117 Å². The van der Waals surface area contributed by atoms with Crippen molar-refractivity contribution in [1.29, 1.82) is 0 Å². The zero-order valence-electron chi connectivity index (χ0n) is 10.7. The Balaban J connectivity index is 1.83. The van der Waals surface area contributed by atoms with E-state index in [1.807, 2.05) is 0 Å². The lowest BCUT2D eigenvalue weighted by atomic mass is 10.2. The monoisotopic (exact) mass is 273 g/mol. The van der Waals surface area contributed by atoms with E-state index in [9.17, 15) is 0 Å². The van der Waals surface area contributed by atoms with Crippen molar-refractivity contribution in [2.75, 3.05) is 6.54 Å². The minimum atomic E-state index is 0.496. The summed E-state index contributed by atoms with van der Waals surface area (Å²) in [4.78, 5) is 5.48. The van der Waals surface area contributed by atoms with E-state index in [0.29, 0.717) is 30.6 Å². The molecule has 0 fully saturated rings. The normalized spacial score (nSPS) is 10.3. The van der Waals surface area contributed by atoms with Crippen LogP contribution in [-0.4, -0.2) is 16.7 Å². The summed E-state index contributed by atoms with van der Waals surface area (Å²) >= 11 is 1.69. The van der Waals surface area contributed by atoms with Crippen LogP contribution in [0.4, 0.5) is 0 Å². The predicted molar refractivity (Wildman–Crippen MR) is 75.6 cm³/mol. The molecule has 0 unspecified atom stereocenters. The fraction of sp³-hybridized carbons (Fsp3) is 0.286. The molecular formula is C14H15N3OS. The Kier molecular flexibility index (Phi) is 5.01. The van der Waals surface area contributed by atoms with Gasteiger partial charge in [0, 0.05) is 4.90 Å². The molecule has 2 aromatic rings. The Bertz CT molecular complexity index is 557. The van der Waals surface area contributed by atoms with Gasteiger partial charge in [-0.1, -0.05) is 28.8 Å². The SMILES string of the molecule is C#CCNCc1nc(CSc2ccc(C)cc2)no1. The smallest absolute Gasteiger partial charge is 0.240 e. The number of aryl methyl sites for hydroxylation is 1. The molecule has 0 radical (unpaired) electrons. The average molecular weight is 273 g/mol. The summed E-state index contributed by atoms with van der Waals surface area (Å²) in [6.45, 7) is 3.07. The number of nitrogens with zero attached hydrogens (tertiary/aromatic N) is 2. The molecule has 2 rings (SSSR count). The lowest BCUT2D eigenvalue weighted by Crippen LogP contribution is -2.13. The third kappa shape index (κ3) is 4.43. The molecule has 19 heavy (non-hydrogen) atoms. The van der Waals surface area contributed by atoms with Gasteiger partial charge in [-0.2, -0.15) is 4.98 Å². The van der Waals surface area contributed by atoms with Crippen LogP contribution in [0, 0.1) is 19.3 Å². The molecule has 1 N–H and O–H groups in total. The highest BCUT2D eigenvalue weighted by atomic mass is 32.2. The molecule has 0 saturated heterocycles. The summed E-state index contributed by atoms with van der Waals surface area (Å²) in [7, 11) is 0. The first-order valence-corrected chi connectivity index (χ1v) is 6.91. The molecule has 98 valence electrons. The fourth-order valence-corrected chi connectivity index (χ4v) is 2.19. The molecule has 0 amide bonds. The molecule has 0 aliphatic rings. The Morgan fingerprint density at radius 2 is 2.16 bits per heavy atom. The molecule has 0 spiro atoms. The second-order valence-corrected chi connectivity index (χ2v) is 5.06. The van der Waals surface area contributed by atoms with E-state index in [0.717, 1.165) is 0 Å². The molecule has 0 aliphatic carbocycles. The third-order valence-electron chi connectivity index (χ3n) is 2.40. The van der Waals surface area contributed by atoms with Gasteiger partial charge in [0.15, 0.2) is 5.82 Å². The lowest BCUT2D eigenvalue weighted by molar-refractivity contribution is 0.366. The van der Waals surface area contributed by atoms with Gasteiger partial charge in [0.2, 0.25) is 5.89 Å². The summed E-state index contributed by atoms with van der Waals surface area (Å²) in [6.07, 6.45) is 5.14. The first-order chi connectivity index (χ1) is 9.28. The number of thioether (sulfide) groups is 1. The number of benzene rings is 1. The van der Waals surface area contributed by atoms with E-state index in [2.05, 4.69) is 52.6 Å². The molecule has 0 atom stereocenters. The van der Waals surface area contributed by atoms with Crippen molar-refractivity contribution in [2.45, 2.75) is 24.1 Å². The van der Waals surface area contributed by atoms with E-state index in [-0.39, 0.29) is 0 Å². The van der Waals surface area contributed by atoms with Gasteiger partial charge in [-0.15, -0.1) is 18.2 Å². The molecule has 0 aliphatic heterocycles. The fourth-order valence-electron chi connectivity index (χ4n) is 1.44. The first kappa shape index (κ1) is 13.7. The third-order valence-corrected chi connectivity index (χ3v) is 3.41. The summed E-state index contributed by atoms with van der Waals surface area (Å²) < 4.78 is 5.11. The number of hydrogen-bond acceptors (Lipinski definition) is 5. The standard InChI is InChI=1S/C14H15N3OS/c1-3-8-15-9-14-16-13(17-18-14)10-19-12-6-4-11(2)5-7-12/h1,4-7,15H,8-10H2,2H3. The van der Waals surface area contributed by atoms with Crippen molar-refractivity contribution in [3.63, 3.8) is 0 Å². The number of aromatic nitrogens is 2. The molecule has 5 heteroatoms. The maximum atomic E-state index is 5.14. The highest BCUT2D eigenvalue weighted by Gasteiger charge is 2.06. The Hall–Kier alpha value is -1.77. The minimum absolute atomic E-state index is 0.496. The molecule has 0 bridgehead atoms. The summed E-state index contributed by atoms with van der Waals surface area (Å²) in [5, 5.41) is 6.93. The molecule has 1 aromatic carbocycles. The summed E-state index contributed by atoms with van der Waals surface area (Å²) in [5.74, 6) is 4.45. The zero-order chi connectivity index (χ0) is 13.5. The van der Waals surface area contributed by atoms with Crippen LogP contribution in [0.5, 0.6) is 0 Å². The van der Waals surface area contributed by atoms with E-state index in [4.69, 9.17) is 10.9 Å². The first-order valence-electron chi connectivity index (χ1n) is 5.93. The van der Waals surface area contributed by atoms with Crippen LogP contribution >= 0.6 is 11.8 Å². The minimum Gasteiger partial charge on any atom is -0.338 e. The van der Waals surface area contributed by atoms with Gasteiger partial charge in [-0.05, 0) is 19.1 Å². The van der Waals surface area contributed by atoms with Crippen LogP contribution in [-0.2, 0) is 12.3 Å². The number of rotatable bonds is 6. The maximum Gasteiger partial charge on any atom is 0.240 e. The van der Waals surface area contributed by atoms with Gasteiger partial charge in [-0.3, -0.25) is 5.32 Å². The van der Waals surface area contributed by atoms with Crippen LogP contribution in [0.15, 0.2) is 33.7 Å². The Morgan fingerprint density at radius 3 is 2.89 bits per heavy atom. The zero-order valence-corrected chi connectivity index (χ0v) is 11.5. The summed E-state index contributed by atoms with van der Waals surface area (Å²) in [6, 6.07) is 8.37. The van der Waals surface area contributed by atoms with Crippen molar-refractivity contribution in [3.8, 4) is 12.3 Å². The average Bonchev–Trinajstić information content (AvgIpc) is 2.86. The van der Waals surface area contributed by atoms with Crippen molar-refractivity contribution < 1.29 is 4.52 Å². The number of hydrogen-bond donors (Lipinski definition) is 1. The van der Waals surface area contributed by atoms with Gasteiger partial charge >= 0.3 is 0 Å². The predicted octanol–water partition coefficient (Wildman–Crippen LogP) is 2.39. The Morgan fingerprint density at radius 1 is 1.37 bits per heavy atom. The topological polar surface area (TPSA) is 51.0 Å². The summed E-state index contributed by atoms with van der Waals surface area (Å²) in [5.41, 5.74) is 1.26. The van der Waals surface area contributed by atoms with Crippen LogP contribution in [0.2, 0.25) is 0 Å². The lowest BCUT2D eigenvalue weighted by Gasteiger charge is -1.98. The number of terminal acetylenes is 1. The van der Waals surface area contributed by atoms with Crippen molar-refractivity contribution in [2.24, 2.45) is 0 Å². The highest BCUT2D eigenvalue weighted by molar-refractivity contribution is 7.98. The molecule has 1 aromatic heterocycles. The van der Waals surface area contributed by atoms with Crippen LogP contribution in [0.1, 0.15) is 17.3 Å². The van der Waals surface area contributed by atoms with E-state index in [1.54, 1.807) is 11.8 Å². The van der Waals surface area contributed by atoms with Crippen LogP contribution in [0.3, 0.4) is 0 Å². The van der Waals surface area contributed by atoms with Crippen LogP contribution < -0.4 is 5.32 Å². The number of nitrogens with one attached hydrogen (secondary N) is 1. The van der Waals surface area contributed by atoms with E-state index in [1.165, 1.54) is 10.5 Å². The van der Waals surface area contributed by atoms with Gasteiger partial charge < -0.3 is 4.52 Å². The van der Waals surface area contributed by atoms with Crippen LogP contribution in [0.25, 0.3) is 0 Å². The maximum absolute atomic E-state index is 5.14. The second-order valence-electron chi connectivity index (χ2n) is 4.01. The quantitative estimate of drug-likeness (QED) is 0.497. The van der Waals surface area contributed by atoms with Crippen molar-refractivity contribution >= 4 is 11.8 Å². The van der Waals surface area contributed by atoms with Crippen molar-refractivity contribution in [3.05, 3.63) is 41.5 Å². The van der Waals surface area contributed by atoms with E-state index < -0.39 is 0 Å². The second kappa shape index (κ2) is 6.98. The van der Waals surface area contributed by atoms with Gasteiger partial charge in [0.1, 0.15) is 0 Å². The molecule has 1 heterocycles. The molecule has 0 saturated carbocycles. The molecular weight excluding hydrogens is 258 g/mol. The van der Waals surface area contributed by atoms with Crippen molar-refractivity contribution in [1.82, 2.24) is 15.5 Å². The van der Waals surface area contributed by atoms with E-state index >= 15 is 0 Å². The van der Waals surface area contributed by atoms with Gasteiger partial charge in [-0.25, -0.2) is 0 Å². The van der Waals surface area contributed by atoms with Gasteiger partial charge in [0.25, 0.3) is 0 Å². The highest BCUT2D eigenvalue weighted by Crippen LogP contribution is 2.21. The van der Waals surface area contributed by atoms with Gasteiger partial charge in [0.05, 0.1) is 18.8 Å². The largest absolute Gasteiger partial charge is 0.338 e.